The molecule has 0 aliphatic heterocycles. The van der Waals surface area contributed by atoms with Gasteiger partial charge in [-0.05, 0) is 54.7 Å². The molecule has 0 aliphatic rings. The van der Waals surface area contributed by atoms with E-state index >= 15 is 0 Å². The first kappa shape index (κ1) is 25.9. The van der Waals surface area contributed by atoms with Crippen LogP contribution in [0.5, 0.6) is 0 Å². The van der Waals surface area contributed by atoms with E-state index in [0.29, 0.717) is 12.1 Å². The van der Waals surface area contributed by atoms with Gasteiger partial charge in [-0.2, -0.15) is 23.0 Å². The molecule has 0 spiro atoms. The summed E-state index contributed by atoms with van der Waals surface area (Å²) in [6.07, 6.45) is -3.99. The number of alkyl halides is 3. The molecule has 7 nitrogen and oxygen atoms in total. The molecule has 0 saturated heterocycles. The summed E-state index contributed by atoms with van der Waals surface area (Å²) >= 11 is 0. The Hall–Kier alpha value is -3.69. The van der Waals surface area contributed by atoms with Crippen LogP contribution in [0.1, 0.15) is 67.2 Å². The smallest absolute Gasteiger partial charge is 0.348 e. The minimum atomic E-state index is -4.58. The quantitative estimate of drug-likeness (QED) is 0.542. The van der Waals surface area contributed by atoms with Crippen LogP contribution < -0.4 is 16.6 Å². The van der Waals surface area contributed by atoms with E-state index in [1.165, 1.54) is 12.1 Å². The van der Waals surface area contributed by atoms with E-state index in [1.807, 2.05) is 20.8 Å². The highest BCUT2D eigenvalue weighted by atomic mass is 19.4. The molecule has 186 valence electrons. The van der Waals surface area contributed by atoms with Crippen molar-refractivity contribution >= 4 is 5.91 Å². The second-order valence-electron chi connectivity index (χ2n) is 8.66. The number of rotatable bonds is 7. The highest BCUT2D eigenvalue weighted by Crippen LogP contribution is 2.29. The van der Waals surface area contributed by atoms with Crippen LogP contribution in [-0.2, 0) is 12.7 Å². The summed E-state index contributed by atoms with van der Waals surface area (Å²) in [5.74, 6) is -0.532. The Kier molecular flexibility index (Phi) is 7.62. The number of carbonyl (C=O) groups is 1. The third-order valence-corrected chi connectivity index (χ3v) is 5.66. The fraction of sp³-hybridized carbons (Fsp3) is 0.360. The first-order valence-corrected chi connectivity index (χ1v) is 11.2. The average molecular weight is 489 g/mol. The van der Waals surface area contributed by atoms with Gasteiger partial charge in [-0.25, -0.2) is 4.79 Å². The van der Waals surface area contributed by atoms with Crippen LogP contribution in [0.3, 0.4) is 0 Å². The number of hydrogen-bond acceptors (Lipinski definition) is 4. The Morgan fingerprint density at radius 2 is 1.71 bits per heavy atom. The van der Waals surface area contributed by atoms with Crippen LogP contribution in [0.15, 0.2) is 58.1 Å². The van der Waals surface area contributed by atoms with Crippen LogP contribution in [0.2, 0.25) is 0 Å². The lowest BCUT2D eigenvalue weighted by atomic mass is 10.0. The van der Waals surface area contributed by atoms with E-state index in [2.05, 4.69) is 10.4 Å². The number of halogens is 3. The van der Waals surface area contributed by atoms with Gasteiger partial charge >= 0.3 is 11.9 Å². The molecule has 35 heavy (non-hydrogen) atoms. The van der Waals surface area contributed by atoms with Crippen LogP contribution in [0.25, 0.3) is 5.69 Å². The van der Waals surface area contributed by atoms with E-state index in [-0.39, 0.29) is 17.5 Å². The standard InChI is InChI=1S/C25H27F3N4O3/c1-5-16(4)29-22(33)21-23(34)31(14-17-7-6-8-19(13-17)25(26,27)28)24(35)32(30-21)20-11-9-18(10-12-20)15(2)3/h6-13,15-16H,5,14H2,1-4H3,(H,29,33)/t16-/m1/s1. The maximum Gasteiger partial charge on any atom is 0.416 e. The Bertz CT molecular complexity index is 1330. The van der Waals surface area contributed by atoms with E-state index in [9.17, 15) is 27.6 Å². The summed E-state index contributed by atoms with van der Waals surface area (Å²) in [6.45, 7) is 7.15. The average Bonchev–Trinajstić information content (AvgIpc) is 2.81. The van der Waals surface area contributed by atoms with Gasteiger partial charge in [0.15, 0.2) is 0 Å². The fourth-order valence-electron chi connectivity index (χ4n) is 3.39. The monoisotopic (exact) mass is 488 g/mol. The number of hydrogen-bond donors (Lipinski definition) is 1. The van der Waals surface area contributed by atoms with Crippen molar-refractivity contribution in [3.63, 3.8) is 0 Å². The van der Waals surface area contributed by atoms with Crippen LogP contribution in [-0.4, -0.2) is 26.3 Å². The normalized spacial score (nSPS) is 12.6. The molecule has 0 saturated carbocycles. The lowest BCUT2D eigenvalue weighted by Crippen LogP contribution is -2.47. The zero-order valence-electron chi connectivity index (χ0n) is 19.9. The van der Waals surface area contributed by atoms with Crippen LogP contribution in [0.4, 0.5) is 13.2 Å². The summed E-state index contributed by atoms with van der Waals surface area (Å²) in [5, 5.41) is 6.69. The maximum atomic E-state index is 13.3. The van der Waals surface area contributed by atoms with Gasteiger partial charge in [-0.1, -0.05) is 45.0 Å². The molecule has 1 N–H and O–H groups in total. The molecule has 2 aromatic carbocycles. The zero-order valence-corrected chi connectivity index (χ0v) is 19.9. The van der Waals surface area contributed by atoms with Crippen molar-refractivity contribution in [2.45, 2.75) is 58.8 Å². The molecule has 1 atom stereocenters. The number of aromatic nitrogens is 3. The van der Waals surface area contributed by atoms with E-state index in [0.717, 1.165) is 26.9 Å². The second-order valence-corrected chi connectivity index (χ2v) is 8.66. The van der Waals surface area contributed by atoms with Crippen LogP contribution >= 0.6 is 0 Å². The third-order valence-electron chi connectivity index (χ3n) is 5.66. The van der Waals surface area contributed by atoms with E-state index < -0.39 is 41.1 Å². The summed E-state index contributed by atoms with van der Waals surface area (Å²) in [5.41, 5.74) is -1.88. The number of nitrogens with zero attached hydrogens (tertiary/aromatic N) is 3. The molecule has 0 unspecified atom stereocenters. The van der Waals surface area contributed by atoms with Crippen molar-refractivity contribution in [1.82, 2.24) is 19.7 Å². The van der Waals surface area contributed by atoms with E-state index in [4.69, 9.17) is 0 Å². The Morgan fingerprint density at radius 1 is 1.06 bits per heavy atom. The van der Waals surface area contributed by atoms with Gasteiger partial charge in [0, 0.05) is 6.04 Å². The highest BCUT2D eigenvalue weighted by molar-refractivity contribution is 5.91. The molecular weight excluding hydrogens is 461 g/mol. The second kappa shape index (κ2) is 10.3. The Balaban J connectivity index is 2.17. The van der Waals surface area contributed by atoms with E-state index in [1.54, 1.807) is 31.2 Å². The summed E-state index contributed by atoms with van der Waals surface area (Å²) in [6, 6.07) is 11.0. The van der Waals surface area contributed by atoms with Crippen LogP contribution in [0, 0.1) is 0 Å². The molecule has 0 radical (unpaired) electrons. The van der Waals surface area contributed by atoms with Crippen molar-refractivity contribution in [1.29, 1.82) is 0 Å². The predicted molar refractivity (Wildman–Crippen MR) is 126 cm³/mol. The zero-order chi connectivity index (χ0) is 25.9. The molecule has 1 heterocycles. The number of benzene rings is 2. The van der Waals surface area contributed by atoms with Gasteiger partial charge in [0.2, 0.25) is 5.69 Å². The fourth-order valence-corrected chi connectivity index (χ4v) is 3.39. The SMILES string of the molecule is CC[C@@H](C)NC(=O)c1nn(-c2ccc(C(C)C)cc2)c(=O)n(Cc2cccc(C(F)(F)F)c2)c1=O. The number of amides is 1. The minimum Gasteiger partial charge on any atom is -0.348 e. The Morgan fingerprint density at radius 3 is 2.29 bits per heavy atom. The molecule has 1 amide bonds. The molecule has 0 fully saturated rings. The molecule has 0 bridgehead atoms. The number of carbonyl (C=O) groups excluding carboxylic acids is 1. The Labute approximate surface area is 200 Å². The van der Waals surface area contributed by atoms with Crippen molar-refractivity contribution in [3.8, 4) is 5.69 Å². The topological polar surface area (TPSA) is 86.0 Å². The maximum absolute atomic E-state index is 13.3. The summed E-state index contributed by atoms with van der Waals surface area (Å²) < 4.78 is 41.2. The van der Waals surface area contributed by atoms with Crippen molar-refractivity contribution in [3.05, 3.63) is 91.8 Å². The van der Waals surface area contributed by atoms with Gasteiger partial charge in [0.05, 0.1) is 17.8 Å². The molecule has 3 aromatic rings. The molecule has 10 heteroatoms. The van der Waals surface area contributed by atoms with Gasteiger partial charge in [0.1, 0.15) is 0 Å². The predicted octanol–water partition coefficient (Wildman–Crippen LogP) is 4.11. The summed E-state index contributed by atoms with van der Waals surface area (Å²) in [7, 11) is 0. The third kappa shape index (κ3) is 5.87. The van der Waals surface area contributed by atoms with Gasteiger partial charge in [-0.3, -0.25) is 14.2 Å². The molecule has 1 aromatic heterocycles. The number of nitrogens with one attached hydrogen (secondary N) is 1. The molecular formula is C25H27F3N4O3. The first-order chi connectivity index (χ1) is 16.4. The van der Waals surface area contributed by atoms with Crippen molar-refractivity contribution in [2.75, 3.05) is 0 Å². The largest absolute Gasteiger partial charge is 0.416 e. The van der Waals surface area contributed by atoms with Crippen molar-refractivity contribution in [2.24, 2.45) is 0 Å². The lowest BCUT2D eigenvalue weighted by Gasteiger charge is -2.15. The van der Waals surface area contributed by atoms with Gasteiger partial charge in [-0.15, -0.1) is 0 Å². The molecule has 3 rings (SSSR count). The lowest BCUT2D eigenvalue weighted by molar-refractivity contribution is -0.137. The highest BCUT2D eigenvalue weighted by Gasteiger charge is 2.30. The summed E-state index contributed by atoms with van der Waals surface area (Å²) in [4.78, 5) is 39.2. The van der Waals surface area contributed by atoms with Gasteiger partial charge in [0.25, 0.3) is 11.5 Å². The minimum absolute atomic E-state index is 0.0835. The molecule has 0 aliphatic carbocycles. The first-order valence-electron chi connectivity index (χ1n) is 11.2. The van der Waals surface area contributed by atoms with Crippen molar-refractivity contribution < 1.29 is 18.0 Å². The van der Waals surface area contributed by atoms with Gasteiger partial charge < -0.3 is 5.32 Å².